The molecule has 0 aromatic carbocycles. The Morgan fingerprint density at radius 2 is 2.37 bits per heavy atom. The van der Waals surface area contributed by atoms with Gasteiger partial charge in [0.15, 0.2) is 0 Å². The number of nitrogens with zero attached hydrogens (tertiary/aromatic N) is 3. The number of alkyl halides is 1. The fourth-order valence-electron chi connectivity index (χ4n) is 1.98. The van der Waals surface area contributed by atoms with E-state index in [-0.39, 0.29) is 23.3 Å². The Balaban J connectivity index is 2.47. The van der Waals surface area contributed by atoms with Crippen LogP contribution in [-0.4, -0.2) is 28.2 Å². The van der Waals surface area contributed by atoms with E-state index in [2.05, 4.69) is 20.9 Å². The number of aromatic nitrogens is 1. The first kappa shape index (κ1) is 14.2. The Morgan fingerprint density at radius 3 is 2.89 bits per heavy atom. The smallest absolute Gasteiger partial charge is 0.291 e. The molecule has 102 valence electrons. The molecule has 2 rings (SSSR count). The highest BCUT2D eigenvalue weighted by Crippen LogP contribution is 2.34. The standard InChI is InChI=1S/C11H11BrClN3O3/c1-6-8(12)3-9(16(18)19)11(14-6)15-5-7(4-13)2-10(15)17/h3,7H,2,4-5H2,1H3. The number of halogens is 2. The number of hydrogen-bond donors (Lipinski definition) is 0. The Bertz CT molecular complexity index is 552. The van der Waals surface area contributed by atoms with Crippen molar-refractivity contribution in [2.24, 2.45) is 5.92 Å². The molecular weight excluding hydrogens is 337 g/mol. The topological polar surface area (TPSA) is 76.3 Å². The number of rotatable bonds is 3. The maximum atomic E-state index is 11.9. The van der Waals surface area contributed by atoms with Gasteiger partial charge in [-0.15, -0.1) is 11.6 Å². The van der Waals surface area contributed by atoms with Crippen LogP contribution in [0.2, 0.25) is 0 Å². The highest BCUT2D eigenvalue weighted by molar-refractivity contribution is 9.10. The average Bonchev–Trinajstić information content (AvgIpc) is 2.73. The first-order valence-corrected chi connectivity index (χ1v) is 6.94. The number of hydrogen-bond acceptors (Lipinski definition) is 4. The molecule has 1 saturated heterocycles. The molecule has 6 nitrogen and oxygen atoms in total. The molecule has 0 spiro atoms. The summed E-state index contributed by atoms with van der Waals surface area (Å²) in [6.45, 7) is 2.09. The number of carbonyl (C=O) groups excluding carboxylic acids is 1. The Morgan fingerprint density at radius 1 is 1.68 bits per heavy atom. The molecule has 1 unspecified atom stereocenters. The van der Waals surface area contributed by atoms with Crippen molar-refractivity contribution in [3.05, 3.63) is 26.3 Å². The zero-order chi connectivity index (χ0) is 14.2. The summed E-state index contributed by atoms with van der Waals surface area (Å²) >= 11 is 8.95. The quantitative estimate of drug-likeness (QED) is 0.478. The van der Waals surface area contributed by atoms with Crippen LogP contribution in [-0.2, 0) is 4.79 Å². The molecule has 1 aliphatic heterocycles. The molecule has 2 heterocycles. The molecular formula is C11H11BrClN3O3. The van der Waals surface area contributed by atoms with Crippen LogP contribution < -0.4 is 4.90 Å². The minimum Gasteiger partial charge on any atom is -0.291 e. The summed E-state index contributed by atoms with van der Waals surface area (Å²) in [5, 5.41) is 11.1. The van der Waals surface area contributed by atoms with E-state index in [4.69, 9.17) is 11.6 Å². The van der Waals surface area contributed by atoms with E-state index in [0.717, 1.165) is 0 Å². The molecule has 1 aliphatic rings. The molecule has 1 aromatic rings. The van der Waals surface area contributed by atoms with Gasteiger partial charge in [-0.1, -0.05) is 0 Å². The van der Waals surface area contributed by atoms with Gasteiger partial charge in [0, 0.05) is 29.4 Å². The maximum absolute atomic E-state index is 11.9. The van der Waals surface area contributed by atoms with Crippen LogP contribution in [0, 0.1) is 23.0 Å². The molecule has 0 aliphatic carbocycles. The molecule has 0 bridgehead atoms. The summed E-state index contributed by atoms with van der Waals surface area (Å²) in [7, 11) is 0. The SMILES string of the molecule is Cc1nc(N2CC(CCl)CC2=O)c([N+](=O)[O-])cc1Br. The summed E-state index contributed by atoms with van der Waals surface area (Å²) in [5.74, 6) is 0.289. The monoisotopic (exact) mass is 347 g/mol. The van der Waals surface area contributed by atoms with Crippen LogP contribution in [0.5, 0.6) is 0 Å². The molecule has 0 radical (unpaired) electrons. The molecule has 1 atom stereocenters. The number of carbonyl (C=O) groups is 1. The fraction of sp³-hybridized carbons (Fsp3) is 0.455. The minimum atomic E-state index is -0.534. The summed E-state index contributed by atoms with van der Waals surface area (Å²) in [5.41, 5.74) is 0.420. The van der Waals surface area contributed by atoms with Gasteiger partial charge in [-0.25, -0.2) is 4.98 Å². The molecule has 19 heavy (non-hydrogen) atoms. The van der Waals surface area contributed by atoms with Crippen molar-refractivity contribution in [2.75, 3.05) is 17.3 Å². The second-order valence-electron chi connectivity index (χ2n) is 4.38. The van der Waals surface area contributed by atoms with Gasteiger partial charge < -0.3 is 0 Å². The van der Waals surface area contributed by atoms with Crippen molar-refractivity contribution in [3.8, 4) is 0 Å². The third-order valence-corrected chi connectivity index (χ3v) is 4.23. The first-order valence-electron chi connectivity index (χ1n) is 5.62. The molecule has 1 fully saturated rings. The van der Waals surface area contributed by atoms with Gasteiger partial charge in [0.05, 0.1) is 10.6 Å². The number of amides is 1. The average molecular weight is 349 g/mol. The van der Waals surface area contributed by atoms with Gasteiger partial charge in [-0.3, -0.25) is 19.8 Å². The number of aryl methyl sites for hydroxylation is 1. The molecule has 1 amide bonds. The van der Waals surface area contributed by atoms with Crippen LogP contribution in [0.15, 0.2) is 10.5 Å². The fourth-order valence-corrected chi connectivity index (χ4v) is 2.49. The van der Waals surface area contributed by atoms with Crippen molar-refractivity contribution < 1.29 is 9.72 Å². The van der Waals surface area contributed by atoms with Gasteiger partial charge in [0.1, 0.15) is 0 Å². The highest BCUT2D eigenvalue weighted by Gasteiger charge is 2.35. The third kappa shape index (κ3) is 2.71. The van der Waals surface area contributed by atoms with Crippen molar-refractivity contribution in [1.29, 1.82) is 0 Å². The molecule has 1 aromatic heterocycles. The summed E-state index contributed by atoms with van der Waals surface area (Å²) < 4.78 is 0.545. The van der Waals surface area contributed by atoms with E-state index in [0.29, 0.717) is 29.0 Å². The van der Waals surface area contributed by atoms with Gasteiger partial charge in [0.2, 0.25) is 11.7 Å². The van der Waals surface area contributed by atoms with E-state index in [1.54, 1.807) is 6.92 Å². The number of pyridine rings is 1. The minimum absolute atomic E-state index is 0.0134. The van der Waals surface area contributed by atoms with Crippen LogP contribution in [0.4, 0.5) is 11.5 Å². The third-order valence-electron chi connectivity index (χ3n) is 2.99. The van der Waals surface area contributed by atoms with Gasteiger partial charge >= 0.3 is 5.69 Å². The largest absolute Gasteiger partial charge is 0.313 e. The second-order valence-corrected chi connectivity index (χ2v) is 5.55. The molecule has 0 N–H and O–H groups in total. The van der Waals surface area contributed by atoms with Gasteiger partial charge in [-0.2, -0.15) is 0 Å². The first-order chi connectivity index (χ1) is 8.93. The van der Waals surface area contributed by atoms with Crippen molar-refractivity contribution in [3.63, 3.8) is 0 Å². The van der Waals surface area contributed by atoms with Gasteiger partial charge in [-0.05, 0) is 28.8 Å². The van der Waals surface area contributed by atoms with Crippen molar-refractivity contribution in [1.82, 2.24) is 4.98 Å². The normalized spacial score (nSPS) is 19.0. The molecule has 8 heteroatoms. The van der Waals surface area contributed by atoms with Crippen molar-refractivity contribution >= 4 is 44.9 Å². The van der Waals surface area contributed by atoms with Crippen LogP contribution in [0.1, 0.15) is 12.1 Å². The Labute approximate surface area is 123 Å². The zero-order valence-electron chi connectivity index (χ0n) is 10.1. The van der Waals surface area contributed by atoms with E-state index in [9.17, 15) is 14.9 Å². The lowest BCUT2D eigenvalue weighted by molar-refractivity contribution is -0.384. The lowest BCUT2D eigenvalue weighted by atomic mass is 10.1. The summed E-state index contributed by atoms with van der Waals surface area (Å²) in [6, 6.07) is 1.37. The van der Waals surface area contributed by atoms with Crippen LogP contribution >= 0.6 is 27.5 Å². The summed E-state index contributed by atoms with van der Waals surface area (Å²) in [4.78, 5) is 28.0. The van der Waals surface area contributed by atoms with E-state index in [1.165, 1.54) is 11.0 Å². The van der Waals surface area contributed by atoms with E-state index in [1.807, 2.05) is 0 Å². The van der Waals surface area contributed by atoms with E-state index >= 15 is 0 Å². The van der Waals surface area contributed by atoms with Crippen molar-refractivity contribution in [2.45, 2.75) is 13.3 Å². The Hall–Kier alpha value is -1.21. The van der Waals surface area contributed by atoms with Crippen LogP contribution in [0.3, 0.4) is 0 Å². The lowest BCUT2D eigenvalue weighted by Crippen LogP contribution is -2.27. The highest BCUT2D eigenvalue weighted by atomic mass is 79.9. The maximum Gasteiger partial charge on any atom is 0.313 e. The number of anilines is 1. The Kier molecular flexibility index (Phi) is 4.05. The summed E-state index contributed by atoms with van der Waals surface area (Å²) in [6.07, 6.45) is 0.303. The second kappa shape index (κ2) is 5.42. The zero-order valence-corrected chi connectivity index (χ0v) is 12.4. The predicted molar refractivity (Wildman–Crippen MR) is 74.5 cm³/mol. The lowest BCUT2D eigenvalue weighted by Gasteiger charge is -2.16. The van der Waals surface area contributed by atoms with Crippen LogP contribution in [0.25, 0.3) is 0 Å². The number of nitro groups is 1. The molecule has 0 saturated carbocycles. The van der Waals surface area contributed by atoms with Gasteiger partial charge in [0.25, 0.3) is 0 Å². The van der Waals surface area contributed by atoms with E-state index < -0.39 is 4.92 Å². The predicted octanol–water partition coefficient (Wildman–Crippen LogP) is 2.65.